The van der Waals surface area contributed by atoms with E-state index >= 15 is 0 Å². The SMILES string of the molecule is CCOC(=O)CCNc1ncc(Cl)cn1. The molecule has 0 aliphatic heterocycles. The minimum atomic E-state index is -0.237. The molecule has 0 unspecified atom stereocenters. The number of hydrogen-bond acceptors (Lipinski definition) is 5. The highest BCUT2D eigenvalue weighted by atomic mass is 35.5. The molecule has 5 nitrogen and oxygen atoms in total. The highest BCUT2D eigenvalue weighted by Gasteiger charge is 2.01. The number of carbonyl (C=O) groups excluding carboxylic acids is 1. The quantitative estimate of drug-likeness (QED) is 0.776. The second kappa shape index (κ2) is 6.19. The Morgan fingerprint density at radius 3 is 2.80 bits per heavy atom. The number of anilines is 1. The van der Waals surface area contributed by atoms with E-state index in [1.54, 1.807) is 6.92 Å². The van der Waals surface area contributed by atoms with Crippen molar-refractivity contribution in [3.05, 3.63) is 17.4 Å². The molecule has 0 saturated heterocycles. The van der Waals surface area contributed by atoms with E-state index < -0.39 is 0 Å². The van der Waals surface area contributed by atoms with Crippen molar-refractivity contribution in [1.82, 2.24) is 9.97 Å². The number of ether oxygens (including phenoxy) is 1. The Morgan fingerprint density at radius 2 is 2.20 bits per heavy atom. The van der Waals surface area contributed by atoms with Crippen LogP contribution in [0.1, 0.15) is 13.3 Å². The zero-order valence-corrected chi connectivity index (χ0v) is 9.12. The molecule has 0 saturated carbocycles. The van der Waals surface area contributed by atoms with Crippen molar-refractivity contribution in [2.75, 3.05) is 18.5 Å². The third-order valence-electron chi connectivity index (χ3n) is 1.54. The zero-order chi connectivity index (χ0) is 11.1. The smallest absolute Gasteiger partial charge is 0.307 e. The minimum absolute atomic E-state index is 0.237. The van der Waals surface area contributed by atoms with Crippen LogP contribution in [0.2, 0.25) is 5.02 Å². The van der Waals surface area contributed by atoms with Crippen LogP contribution in [0, 0.1) is 0 Å². The molecule has 82 valence electrons. The Labute approximate surface area is 92.8 Å². The highest BCUT2D eigenvalue weighted by Crippen LogP contribution is 2.05. The number of esters is 1. The molecule has 15 heavy (non-hydrogen) atoms. The predicted molar refractivity (Wildman–Crippen MR) is 56.8 cm³/mol. The van der Waals surface area contributed by atoms with Crippen molar-refractivity contribution in [1.29, 1.82) is 0 Å². The van der Waals surface area contributed by atoms with Gasteiger partial charge >= 0.3 is 5.97 Å². The first-order valence-corrected chi connectivity index (χ1v) is 4.97. The van der Waals surface area contributed by atoms with Gasteiger partial charge < -0.3 is 10.1 Å². The molecular weight excluding hydrogens is 218 g/mol. The maximum atomic E-state index is 11.0. The molecule has 0 amide bonds. The van der Waals surface area contributed by atoms with Crippen LogP contribution < -0.4 is 5.32 Å². The van der Waals surface area contributed by atoms with E-state index in [9.17, 15) is 4.79 Å². The van der Waals surface area contributed by atoms with Crippen LogP contribution in [0.15, 0.2) is 12.4 Å². The third kappa shape index (κ3) is 4.60. The van der Waals surface area contributed by atoms with Gasteiger partial charge in [0.15, 0.2) is 0 Å². The first-order valence-electron chi connectivity index (χ1n) is 4.59. The molecule has 1 heterocycles. The Bertz CT molecular complexity index is 316. The van der Waals surface area contributed by atoms with E-state index in [2.05, 4.69) is 15.3 Å². The number of hydrogen-bond donors (Lipinski definition) is 1. The molecule has 0 aliphatic rings. The summed E-state index contributed by atoms with van der Waals surface area (Å²) in [6.07, 6.45) is 3.27. The van der Waals surface area contributed by atoms with Crippen molar-refractivity contribution in [3.8, 4) is 0 Å². The minimum Gasteiger partial charge on any atom is -0.466 e. The summed E-state index contributed by atoms with van der Waals surface area (Å²) >= 11 is 5.61. The lowest BCUT2D eigenvalue weighted by molar-refractivity contribution is -0.142. The van der Waals surface area contributed by atoms with E-state index in [4.69, 9.17) is 16.3 Å². The van der Waals surface area contributed by atoms with Gasteiger partial charge in [0.1, 0.15) is 0 Å². The van der Waals surface area contributed by atoms with Gasteiger partial charge in [0.05, 0.1) is 30.4 Å². The molecule has 1 N–H and O–H groups in total. The topological polar surface area (TPSA) is 64.1 Å². The number of rotatable bonds is 5. The average Bonchev–Trinajstić information content (AvgIpc) is 2.21. The van der Waals surface area contributed by atoms with Gasteiger partial charge in [-0.1, -0.05) is 11.6 Å². The fourth-order valence-electron chi connectivity index (χ4n) is 0.913. The predicted octanol–water partition coefficient (Wildman–Crippen LogP) is 1.50. The van der Waals surface area contributed by atoms with Crippen molar-refractivity contribution in [2.24, 2.45) is 0 Å². The summed E-state index contributed by atoms with van der Waals surface area (Å²) in [5.41, 5.74) is 0. The van der Waals surface area contributed by atoms with Crippen LogP contribution in [0.4, 0.5) is 5.95 Å². The van der Waals surface area contributed by atoms with Crippen molar-refractivity contribution >= 4 is 23.5 Å². The molecule has 0 fully saturated rings. The fraction of sp³-hybridized carbons (Fsp3) is 0.444. The number of nitrogens with zero attached hydrogens (tertiary/aromatic N) is 2. The number of aromatic nitrogens is 2. The lowest BCUT2D eigenvalue weighted by atomic mass is 10.4. The summed E-state index contributed by atoms with van der Waals surface area (Å²) in [5.74, 6) is 0.211. The maximum Gasteiger partial charge on any atom is 0.307 e. The van der Waals surface area contributed by atoms with Crippen LogP contribution in [-0.4, -0.2) is 29.1 Å². The van der Waals surface area contributed by atoms with Gasteiger partial charge in [-0.25, -0.2) is 9.97 Å². The van der Waals surface area contributed by atoms with E-state index in [0.717, 1.165) is 0 Å². The second-order valence-electron chi connectivity index (χ2n) is 2.71. The summed E-state index contributed by atoms with van der Waals surface area (Å²) in [5, 5.41) is 3.36. The van der Waals surface area contributed by atoms with Gasteiger partial charge in [-0.2, -0.15) is 0 Å². The Balaban J connectivity index is 2.26. The largest absolute Gasteiger partial charge is 0.466 e. The number of nitrogens with one attached hydrogen (secondary N) is 1. The van der Waals surface area contributed by atoms with Crippen LogP contribution in [0.5, 0.6) is 0 Å². The van der Waals surface area contributed by atoms with E-state index in [-0.39, 0.29) is 5.97 Å². The molecule has 0 aromatic carbocycles. The van der Waals surface area contributed by atoms with Gasteiger partial charge in [-0.05, 0) is 6.92 Å². The monoisotopic (exact) mass is 229 g/mol. The van der Waals surface area contributed by atoms with Crippen LogP contribution in [-0.2, 0) is 9.53 Å². The molecule has 1 aromatic heterocycles. The van der Waals surface area contributed by atoms with Crippen molar-refractivity contribution in [3.63, 3.8) is 0 Å². The zero-order valence-electron chi connectivity index (χ0n) is 8.36. The summed E-state index contributed by atoms with van der Waals surface area (Å²) in [7, 11) is 0. The molecule has 0 aliphatic carbocycles. The number of halogens is 1. The summed E-state index contributed by atoms with van der Waals surface area (Å²) in [6, 6.07) is 0. The molecule has 0 bridgehead atoms. The summed E-state index contributed by atoms with van der Waals surface area (Å²) in [6.45, 7) is 2.62. The highest BCUT2D eigenvalue weighted by molar-refractivity contribution is 6.30. The van der Waals surface area contributed by atoms with Crippen LogP contribution in [0.3, 0.4) is 0 Å². The normalized spacial score (nSPS) is 9.73. The summed E-state index contributed by atoms with van der Waals surface area (Å²) < 4.78 is 4.76. The lowest BCUT2D eigenvalue weighted by Gasteiger charge is -2.03. The Hall–Kier alpha value is -1.36. The maximum absolute atomic E-state index is 11.0. The average molecular weight is 230 g/mol. The van der Waals surface area contributed by atoms with Crippen LogP contribution >= 0.6 is 11.6 Å². The second-order valence-corrected chi connectivity index (χ2v) is 3.14. The van der Waals surface area contributed by atoms with Crippen molar-refractivity contribution in [2.45, 2.75) is 13.3 Å². The van der Waals surface area contributed by atoms with E-state index in [1.807, 2.05) is 0 Å². The Morgan fingerprint density at radius 1 is 1.53 bits per heavy atom. The molecule has 6 heteroatoms. The van der Waals surface area contributed by atoms with Gasteiger partial charge in [0.2, 0.25) is 5.95 Å². The molecular formula is C9H12ClN3O2. The van der Waals surface area contributed by atoms with E-state index in [1.165, 1.54) is 12.4 Å². The first-order chi connectivity index (χ1) is 7.22. The van der Waals surface area contributed by atoms with Gasteiger partial charge in [-0.3, -0.25) is 4.79 Å². The molecule has 1 rings (SSSR count). The van der Waals surface area contributed by atoms with E-state index in [0.29, 0.717) is 30.5 Å². The fourth-order valence-corrected chi connectivity index (χ4v) is 1.01. The van der Waals surface area contributed by atoms with Gasteiger partial charge in [0, 0.05) is 6.54 Å². The Kier molecular flexibility index (Phi) is 4.83. The summed E-state index contributed by atoms with van der Waals surface area (Å²) in [4.78, 5) is 18.8. The third-order valence-corrected chi connectivity index (χ3v) is 1.73. The molecule has 1 aromatic rings. The van der Waals surface area contributed by atoms with Gasteiger partial charge in [0.25, 0.3) is 0 Å². The molecule has 0 spiro atoms. The first kappa shape index (κ1) is 11.7. The van der Waals surface area contributed by atoms with Crippen LogP contribution in [0.25, 0.3) is 0 Å². The van der Waals surface area contributed by atoms with Gasteiger partial charge in [-0.15, -0.1) is 0 Å². The van der Waals surface area contributed by atoms with Crippen molar-refractivity contribution < 1.29 is 9.53 Å². The molecule has 0 atom stereocenters. The molecule has 0 radical (unpaired) electrons. The lowest BCUT2D eigenvalue weighted by Crippen LogP contribution is -2.12. The number of carbonyl (C=O) groups is 1. The standard InChI is InChI=1S/C9H12ClN3O2/c1-2-15-8(14)3-4-11-9-12-5-7(10)6-13-9/h5-6H,2-4H2,1H3,(H,11,12,13).